The number of rotatable bonds is 3. The summed E-state index contributed by atoms with van der Waals surface area (Å²) in [4.78, 5) is 20.2. The summed E-state index contributed by atoms with van der Waals surface area (Å²) in [6.45, 7) is 0. The van der Waals surface area contributed by atoms with Crippen LogP contribution < -0.4 is 5.56 Å². The average Bonchev–Trinajstić information content (AvgIpc) is 3.12. The molecular formula is C24H16ClN3O. The quantitative estimate of drug-likeness (QED) is 0.424. The van der Waals surface area contributed by atoms with Crippen molar-refractivity contribution < 1.29 is 0 Å². The van der Waals surface area contributed by atoms with Crippen molar-refractivity contribution in [3.63, 3.8) is 0 Å². The number of nitrogens with one attached hydrogen (secondary N) is 1. The number of benzene rings is 3. The van der Waals surface area contributed by atoms with Crippen LogP contribution in [-0.4, -0.2) is 14.5 Å². The van der Waals surface area contributed by atoms with Crippen LogP contribution in [-0.2, 0) is 0 Å². The van der Waals surface area contributed by atoms with Gasteiger partial charge in [-0.3, -0.25) is 9.36 Å². The monoisotopic (exact) mass is 397 g/mol. The van der Waals surface area contributed by atoms with Gasteiger partial charge in [-0.2, -0.15) is 0 Å². The van der Waals surface area contributed by atoms with E-state index >= 15 is 0 Å². The maximum absolute atomic E-state index is 12.9. The first-order valence-corrected chi connectivity index (χ1v) is 9.61. The van der Waals surface area contributed by atoms with E-state index in [0.717, 1.165) is 28.1 Å². The molecule has 1 N–H and O–H groups in total. The first kappa shape index (κ1) is 17.5. The molecule has 140 valence electrons. The Morgan fingerprint density at radius 3 is 2.07 bits per heavy atom. The molecule has 4 nitrogen and oxygen atoms in total. The standard InChI is InChI=1S/C24H16ClN3O/c25-18-11-13-19(14-12-18)28-22(17-9-5-2-6-10-17)20(16-7-3-1-4-8-16)21-23(28)26-15-27-24(21)29/h1-15H,(H,26,27,29). The number of fused-ring (bicyclic) bond motifs is 1. The van der Waals surface area contributed by atoms with Gasteiger partial charge in [-0.15, -0.1) is 0 Å². The second-order valence-electron chi connectivity index (χ2n) is 6.70. The van der Waals surface area contributed by atoms with E-state index < -0.39 is 0 Å². The molecule has 2 aromatic heterocycles. The Labute approximate surface area is 172 Å². The van der Waals surface area contributed by atoms with Gasteiger partial charge in [0.1, 0.15) is 0 Å². The highest BCUT2D eigenvalue weighted by atomic mass is 35.5. The Bertz CT molecular complexity index is 1350. The van der Waals surface area contributed by atoms with E-state index in [2.05, 4.69) is 9.97 Å². The minimum absolute atomic E-state index is 0.168. The number of aromatic nitrogens is 3. The molecule has 0 fully saturated rings. The third-order valence-electron chi connectivity index (χ3n) is 4.95. The Hall–Kier alpha value is -3.63. The summed E-state index contributed by atoms with van der Waals surface area (Å²) in [6.07, 6.45) is 1.45. The van der Waals surface area contributed by atoms with Crippen LogP contribution in [0.4, 0.5) is 0 Å². The summed E-state index contributed by atoms with van der Waals surface area (Å²) >= 11 is 6.12. The molecule has 0 atom stereocenters. The van der Waals surface area contributed by atoms with Gasteiger partial charge in [0.25, 0.3) is 5.56 Å². The molecule has 5 heteroatoms. The lowest BCUT2D eigenvalue weighted by Crippen LogP contribution is -2.07. The number of nitrogens with zero attached hydrogens (tertiary/aromatic N) is 2. The van der Waals surface area contributed by atoms with Crippen LogP contribution in [0, 0.1) is 0 Å². The zero-order chi connectivity index (χ0) is 19.8. The number of hydrogen-bond donors (Lipinski definition) is 1. The second kappa shape index (κ2) is 7.08. The zero-order valence-electron chi connectivity index (χ0n) is 15.3. The molecule has 0 aliphatic rings. The highest BCUT2D eigenvalue weighted by molar-refractivity contribution is 6.30. The van der Waals surface area contributed by atoms with Crippen LogP contribution in [0.1, 0.15) is 0 Å². The molecule has 3 aromatic carbocycles. The van der Waals surface area contributed by atoms with Gasteiger partial charge < -0.3 is 4.98 Å². The molecule has 29 heavy (non-hydrogen) atoms. The van der Waals surface area contributed by atoms with Crippen LogP contribution in [0.5, 0.6) is 0 Å². The normalized spacial score (nSPS) is 11.1. The lowest BCUT2D eigenvalue weighted by Gasteiger charge is -2.13. The predicted molar refractivity (Wildman–Crippen MR) is 118 cm³/mol. The third kappa shape index (κ3) is 2.94. The Morgan fingerprint density at radius 1 is 0.793 bits per heavy atom. The number of aromatic amines is 1. The van der Waals surface area contributed by atoms with Crippen LogP contribution >= 0.6 is 11.6 Å². The van der Waals surface area contributed by atoms with E-state index in [4.69, 9.17) is 11.6 Å². The van der Waals surface area contributed by atoms with Crippen molar-refractivity contribution in [2.45, 2.75) is 0 Å². The van der Waals surface area contributed by atoms with Gasteiger partial charge in [0.15, 0.2) is 5.65 Å². The SMILES string of the molecule is O=c1[nH]cnc2c1c(-c1ccccc1)c(-c1ccccc1)n2-c1ccc(Cl)cc1. The van der Waals surface area contributed by atoms with Crippen molar-refractivity contribution in [2.75, 3.05) is 0 Å². The Balaban J connectivity index is 2.00. The molecule has 5 rings (SSSR count). The first-order chi connectivity index (χ1) is 14.2. The molecule has 2 heterocycles. The number of H-pyrrole nitrogens is 1. The molecule has 0 saturated heterocycles. The van der Waals surface area contributed by atoms with Crippen LogP contribution in [0.2, 0.25) is 5.02 Å². The molecule has 5 aromatic rings. The molecular weight excluding hydrogens is 382 g/mol. The van der Waals surface area contributed by atoms with Crippen molar-refractivity contribution in [3.05, 3.63) is 107 Å². The van der Waals surface area contributed by atoms with E-state index in [-0.39, 0.29) is 5.56 Å². The van der Waals surface area contributed by atoms with Crippen LogP contribution in [0.25, 0.3) is 39.1 Å². The highest BCUT2D eigenvalue weighted by Crippen LogP contribution is 2.40. The van der Waals surface area contributed by atoms with Gasteiger partial charge in [-0.25, -0.2) is 4.98 Å². The lowest BCUT2D eigenvalue weighted by atomic mass is 9.99. The third-order valence-corrected chi connectivity index (χ3v) is 5.20. The Kier molecular flexibility index (Phi) is 4.26. The van der Waals surface area contributed by atoms with Crippen molar-refractivity contribution in [2.24, 2.45) is 0 Å². The van der Waals surface area contributed by atoms with E-state index in [0.29, 0.717) is 16.1 Å². The van der Waals surface area contributed by atoms with Crippen molar-refractivity contribution in [1.82, 2.24) is 14.5 Å². The largest absolute Gasteiger partial charge is 0.312 e. The fourth-order valence-electron chi connectivity index (χ4n) is 3.72. The minimum atomic E-state index is -0.168. The summed E-state index contributed by atoms with van der Waals surface area (Å²) in [5, 5.41) is 1.22. The van der Waals surface area contributed by atoms with Crippen LogP contribution in [0.3, 0.4) is 0 Å². The summed E-state index contributed by atoms with van der Waals surface area (Å²) < 4.78 is 2.03. The van der Waals surface area contributed by atoms with Gasteiger partial charge >= 0.3 is 0 Å². The molecule has 0 aliphatic carbocycles. The van der Waals surface area contributed by atoms with Gasteiger partial charge in [0, 0.05) is 16.3 Å². The molecule has 0 bridgehead atoms. The van der Waals surface area contributed by atoms with E-state index in [1.54, 1.807) is 0 Å². The maximum atomic E-state index is 12.9. The summed E-state index contributed by atoms with van der Waals surface area (Å²) in [5.41, 5.74) is 5.06. The molecule has 0 saturated carbocycles. The smallest absolute Gasteiger partial charge is 0.260 e. The molecule has 0 unspecified atom stereocenters. The zero-order valence-corrected chi connectivity index (χ0v) is 16.1. The van der Waals surface area contributed by atoms with Gasteiger partial charge in [0.05, 0.1) is 17.4 Å². The Morgan fingerprint density at radius 2 is 1.41 bits per heavy atom. The van der Waals surface area contributed by atoms with Gasteiger partial charge in [-0.05, 0) is 35.4 Å². The fourth-order valence-corrected chi connectivity index (χ4v) is 3.84. The highest BCUT2D eigenvalue weighted by Gasteiger charge is 2.23. The van der Waals surface area contributed by atoms with Crippen molar-refractivity contribution in [1.29, 1.82) is 0 Å². The van der Waals surface area contributed by atoms with E-state index in [1.807, 2.05) is 89.5 Å². The van der Waals surface area contributed by atoms with Crippen molar-refractivity contribution >= 4 is 22.6 Å². The summed E-state index contributed by atoms with van der Waals surface area (Å²) in [7, 11) is 0. The van der Waals surface area contributed by atoms with Gasteiger partial charge in [0.2, 0.25) is 0 Å². The molecule has 0 amide bonds. The van der Waals surface area contributed by atoms with E-state index in [1.165, 1.54) is 6.33 Å². The second-order valence-corrected chi connectivity index (χ2v) is 7.13. The van der Waals surface area contributed by atoms with E-state index in [9.17, 15) is 4.79 Å². The summed E-state index contributed by atoms with van der Waals surface area (Å²) in [6, 6.07) is 27.5. The maximum Gasteiger partial charge on any atom is 0.260 e. The summed E-state index contributed by atoms with van der Waals surface area (Å²) in [5.74, 6) is 0. The number of hydrogen-bond acceptors (Lipinski definition) is 2. The lowest BCUT2D eigenvalue weighted by molar-refractivity contribution is 1.07. The topological polar surface area (TPSA) is 50.7 Å². The molecule has 0 aliphatic heterocycles. The first-order valence-electron chi connectivity index (χ1n) is 9.23. The van der Waals surface area contributed by atoms with Gasteiger partial charge in [-0.1, -0.05) is 72.3 Å². The van der Waals surface area contributed by atoms with Crippen LogP contribution in [0.15, 0.2) is 96.1 Å². The fraction of sp³-hybridized carbons (Fsp3) is 0. The minimum Gasteiger partial charge on any atom is -0.312 e. The molecule has 0 radical (unpaired) electrons. The average molecular weight is 398 g/mol. The predicted octanol–water partition coefficient (Wildman–Crippen LogP) is 5.70. The van der Waals surface area contributed by atoms with Crippen molar-refractivity contribution in [3.8, 4) is 28.1 Å². The molecule has 0 spiro atoms. The number of halogens is 1.